The number of aromatic nitrogens is 3. The van der Waals surface area contributed by atoms with E-state index in [4.69, 9.17) is 24.7 Å². The Bertz CT molecular complexity index is 1380. The van der Waals surface area contributed by atoms with Crippen LogP contribution in [0.4, 0.5) is 10.6 Å². The highest BCUT2D eigenvalue weighted by Gasteiger charge is 2.60. The van der Waals surface area contributed by atoms with Crippen molar-refractivity contribution in [3.8, 4) is 6.07 Å². The van der Waals surface area contributed by atoms with Crippen molar-refractivity contribution < 1.29 is 38.4 Å². The lowest BCUT2D eigenvalue weighted by Crippen LogP contribution is -2.49. The van der Waals surface area contributed by atoms with Gasteiger partial charge in [0.2, 0.25) is 5.60 Å². The Morgan fingerprint density at radius 2 is 2.00 bits per heavy atom. The molecule has 4 rings (SSSR count). The van der Waals surface area contributed by atoms with E-state index in [2.05, 4.69) is 15.4 Å². The predicted molar refractivity (Wildman–Crippen MR) is 156 cm³/mol. The second-order valence-electron chi connectivity index (χ2n) is 12.5. The second-order valence-corrected chi connectivity index (χ2v) is 12.5. The highest BCUT2D eigenvalue weighted by molar-refractivity contribution is 5.88. The number of aliphatic hydroxyl groups is 1. The molecule has 0 radical (unpaired) electrons. The van der Waals surface area contributed by atoms with Gasteiger partial charge in [0.25, 0.3) is 0 Å². The molecule has 1 amide bonds. The predicted octanol–water partition coefficient (Wildman–Crippen LogP) is 2.97. The summed E-state index contributed by atoms with van der Waals surface area (Å²) in [6, 6.07) is 4.00. The lowest BCUT2D eigenvalue weighted by molar-refractivity contribution is -0.163. The van der Waals surface area contributed by atoms with Gasteiger partial charge in [-0.3, -0.25) is 14.9 Å². The molecule has 240 valence electrons. The van der Waals surface area contributed by atoms with Gasteiger partial charge >= 0.3 is 18.0 Å². The molecule has 2 aliphatic rings. The monoisotopic (exact) mass is 614 g/mol. The van der Waals surface area contributed by atoms with Crippen LogP contribution in [0, 0.1) is 22.7 Å². The summed E-state index contributed by atoms with van der Waals surface area (Å²) in [5.74, 6) is -0.905. The quantitative estimate of drug-likeness (QED) is 0.190. The van der Waals surface area contributed by atoms with Crippen molar-refractivity contribution in [2.75, 3.05) is 18.5 Å². The fraction of sp³-hybridized carbons (Fsp3) is 0.667. The Labute approximate surface area is 256 Å². The Morgan fingerprint density at radius 3 is 2.66 bits per heavy atom. The number of esters is 2. The summed E-state index contributed by atoms with van der Waals surface area (Å²) in [6.07, 6.45) is 1.94. The summed E-state index contributed by atoms with van der Waals surface area (Å²) in [6.45, 7) is 7.13. The molecule has 5 atom stereocenters. The van der Waals surface area contributed by atoms with E-state index in [9.17, 15) is 24.8 Å². The number of carbonyl (C=O) groups is 3. The molecule has 2 aromatic heterocycles. The van der Waals surface area contributed by atoms with Gasteiger partial charge in [0.15, 0.2) is 11.9 Å². The molecular weight excluding hydrogens is 572 g/mol. The number of hydrogen-bond donors (Lipinski definition) is 3. The Hall–Kier alpha value is -3.80. The van der Waals surface area contributed by atoms with Crippen molar-refractivity contribution in [3.63, 3.8) is 0 Å². The number of nitrogens with one attached hydrogen (secondary N) is 1. The molecule has 0 unspecified atom stereocenters. The first-order chi connectivity index (χ1) is 20.9. The minimum atomic E-state index is -2.11. The molecule has 0 aromatic carbocycles. The second kappa shape index (κ2) is 13.9. The van der Waals surface area contributed by atoms with Gasteiger partial charge in [-0.25, -0.2) is 14.3 Å². The maximum absolute atomic E-state index is 13.1. The van der Waals surface area contributed by atoms with Gasteiger partial charge in [0.05, 0.1) is 12.3 Å². The molecule has 1 saturated heterocycles. The third-order valence-corrected chi connectivity index (χ3v) is 8.16. The van der Waals surface area contributed by atoms with Gasteiger partial charge in [0.1, 0.15) is 42.8 Å². The Kier molecular flexibility index (Phi) is 10.4. The molecule has 1 aliphatic carbocycles. The first-order valence-electron chi connectivity index (χ1n) is 15.1. The number of nitrogens with zero attached hydrogens (tertiary/aromatic N) is 4. The van der Waals surface area contributed by atoms with Gasteiger partial charge in [-0.1, -0.05) is 47.0 Å². The highest BCUT2D eigenvalue weighted by atomic mass is 16.6. The van der Waals surface area contributed by atoms with Crippen LogP contribution in [0.5, 0.6) is 0 Å². The molecule has 2 aromatic rings. The van der Waals surface area contributed by atoms with Crippen LogP contribution < -0.4 is 11.1 Å². The normalized spacial score (nSPS) is 24.5. The zero-order valence-electron chi connectivity index (χ0n) is 25.7. The molecule has 0 bridgehead atoms. The van der Waals surface area contributed by atoms with Crippen LogP contribution in [0.2, 0.25) is 0 Å². The smallest absolute Gasteiger partial charge is 0.412 e. The number of carbonyl (C=O) groups excluding carboxylic acids is 3. The minimum Gasteiger partial charge on any atom is -0.463 e. The van der Waals surface area contributed by atoms with E-state index in [1.807, 2.05) is 13.0 Å². The molecule has 2 fully saturated rings. The van der Waals surface area contributed by atoms with Gasteiger partial charge in [-0.05, 0) is 42.7 Å². The van der Waals surface area contributed by atoms with Gasteiger partial charge in [0, 0.05) is 6.42 Å². The van der Waals surface area contributed by atoms with Crippen LogP contribution in [0.25, 0.3) is 5.52 Å². The fourth-order valence-electron chi connectivity index (χ4n) is 5.44. The van der Waals surface area contributed by atoms with E-state index in [0.717, 1.165) is 38.4 Å². The number of unbranched alkanes of at least 4 members (excludes halogenated alkanes) is 1. The minimum absolute atomic E-state index is 0.0771. The van der Waals surface area contributed by atoms with E-state index in [-0.39, 0.29) is 42.6 Å². The summed E-state index contributed by atoms with van der Waals surface area (Å²) in [5.41, 5.74) is 3.72. The number of ether oxygens (including phenoxy) is 4. The number of fused-ring (bicyclic) bond motifs is 1. The van der Waals surface area contributed by atoms with Crippen LogP contribution in [-0.4, -0.2) is 75.3 Å². The summed E-state index contributed by atoms with van der Waals surface area (Å²) in [7, 11) is 0. The zero-order valence-corrected chi connectivity index (χ0v) is 25.7. The maximum atomic E-state index is 13.1. The van der Waals surface area contributed by atoms with Crippen molar-refractivity contribution in [1.82, 2.24) is 14.6 Å². The van der Waals surface area contributed by atoms with Crippen LogP contribution in [0.15, 0.2) is 18.5 Å². The first-order valence-corrected chi connectivity index (χ1v) is 15.1. The van der Waals surface area contributed by atoms with Crippen molar-refractivity contribution in [2.45, 2.75) is 103 Å². The molecule has 14 nitrogen and oxygen atoms in total. The molecule has 0 spiro atoms. The van der Waals surface area contributed by atoms with E-state index >= 15 is 0 Å². The lowest BCUT2D eigenvalue weighted by Gasteiger charge is -2.29. The lowest BCUT2D eigenvalue weighted by atomic mass is 9.87. The molecule has 1 saturated carbocycles. The molecule has 3 heterocycles. The van der Waals surface area contributed by atoms with Crippen molar-refractivity contribution in [1.29, 1.82) is 5.26 Å². The van der Waals surface area contributed by atoms with Crippen molar-refractivity contribution in [3.05, 3.63) is 24.2 Å². The summed E-state index contributed by atoms with van der Waals surface area (Å²) >= 11 is 0. The van der Waals surface area contributed by atoms with Crippen LogP contribution >= 0.6 is 0 Å². The maximum Gasteiger partial charge on any atom is 0.412 e. The van der Waals surface area contributed by atoms with Crippen LogP contribution in [0.1, 0.15) is 78.3 Å². The third kappa shape index (κ3) is 7.11. The Balaban J connectivity index is 1.62. The standard InChI is InChI=1S/C30H42N6O8/c1-5-6-13-41-28(40)35-26-19-11-12-21(36(19)34-17-33-26)30(16-31)25(38)23(43-27(39)24(32)29(2,3)4)20(44-30)15-42-22(37)14-18-9-7-8-10-18/h11-12,17-18,20,23-25,38H,5-10,13-15,32H2,1-4H3,(H,33,34,35,40)/t20-,23-,24-,25-,30+/m1/s1. The summed E-state index contributed by atoms with van der Waals surface area (Å²) in [4.78, 5) is 42.1. The van der Waals surface area contributed by atoms with Gasteiger partial charge in [-0.15, -0.1) is 0 Å². The average molecular weight is 615 g/mol. The van der Waals surface area contributed by atoms with Crippen molar-refractivity contribution in [2.24, 2.45) is 17.1 Å². The van der Waals surface area contributed by atoms with E-state index in [0.29, 0.717) is 6.42 Å². The number of anilines is 1. The molecule has 4 N–H and O–H groups in total. The molecule has 14 heteroatoms. The number of aliphatic hydroxyl groups excluding tert-OH is 1. The molecule has 44 heavy (non-hydrogen) atoms. The number of hydrogen-bond acceptors (Lipinski definition) is 12. The topological polar surface area (TPSA) is 200 Å². The van der Waals surface area contributed by atoms with E-state index in [1.54, 1.807) is 20.8 Å². The largest absolute Gasteiger partial charge is 0.463 e. The third-order valence-electron chi connectivity index (χ3n) is 8.16. The fourth-order valence-corrected chi connectivity index (χ4v) is 5.44. The summed E-state index contributed by atoms with van der Waals surface area (Å²) in [5, 5.41) is 28.9. The van der Waals surface area contributed by atoms with Crippen LogP contribution in [-0.2, 0) is 34.1 Å². The van der Waals surface area contributed by atoms with E-state index < -0.39 is 53.4 Å². The number of nitrogens with two attached hydrogens (primary N) is 1. The average Bonchev–Trinajstić information content (AvgIpc) is 3.71. The summed E-state index contributed by atoms with van der Waals surface area (Å²) < 4.78 is 23.8. The van der Waals surface area contributed by atoms with Crippen LogP contribution in [0.3, 0.4) is 0 Å². The first kappa shape index (κ1) is 33.1. The Morgan fingerprint density at radius 1 is 1.27 bits per heavy atom. The highest BCUT2D eigenvalue weighted by Crippen LogP contribution is 2.42. The number of nitriles is 1. The van der Waals surface area contributed by atoms with E-state index in [1.165, 1.54) is 16.6 Å². The van der Waals surface area contributed by atoms with Crippen molar-refractivity contribution >= 4 is 29.4 Å². The van der Waals surface area contributed by atoms with Gasteiger partial charge in [-0.2, -0.15) is 10.4 Å². The number of amides is 1. The number of rotatable bonds is 11. The SMILES string of the molecule is CCCCOC(=O)Nc1ncnn2c([C@]3(C#N)O[C@H](COC(=O)CC4CCCC4)[C@@H](OC(=O)[C@@H](N)C(C)(C)C)[C@H]3O)ccc12. The molecule has 1 aliphatic heterocycles. The zero-order chi connectivity index (χ0) is 32.1. The molecular formula is C30H42N6O8. The van der Waals surface area contributed by atoms with Gasteiger partial charge < -0.3 is 29.8 Å².